The molecule has 1 aliphatic heterocycles. The van der Waals surface area contributed by atoms with Crippen molar-refractivity contribution in [2.24, 2.45) is 0 Å². The maximum atomic E-state index is 11.4. The standard InChI is InChI=1S/C9H16N2O6S/c1-5(12)7(8(13)14)11-9(15)10-6-2-3-18(16,17)4-6/h5-7,12H,2-4H2,1H3,(H,13,14)(H2,10,11,15)/t5-,6?,7+/m1/s1. The van der Waals surface area contributed by atoms with Crippen LogP contribution in [0.2, 0.25) is 0 Å². The molecule has 9 heteroatoms. The second kappa shape index (κ2) is 5.53. The van der Waals surface area contributed by atoms with Crippen LogP contribution in [0.1, 0.15) is 13.3 Å². The molecule has 1 saturated heterocycles. The molecule has 104 valence electrons. The number of carboxylic acid groups (broad SMARTS) is 1. The Balaban J connectivity index is 2.49. The lowest BCUT2D eigenvalue weighted by molar-refractivity contribution is -0.141. The summed E-state index contributed by atoms with van der Waals surface area (Å²) in [6.07, 6.45) is -0.942. The molecule has 0 aromatic rings. The zero-order valence-electron chi connectivity index (χ0n) is 9.79. The molecule has 0 aliphatic carbocycles. The van der Waals surface area contributed by atoms with E-state index in [1.165, 1.54) is 6.92 Å². The fraction of sp³-hybridized carbons (Fsp3) is 0.778. The molecule has 0 spiro atoms. The summed E-state index contributed by atoms with van der Waals surface area (Å²) in [5.41, 5.74) is 0. The maximum Gasteiger partial charge on any atom is 0.328 e. The van der Waals surface area contributed by atoms with Crippen molar-refractivity contribution in [3.8, 4) is 0 Å². The number of aliphatic carboxylic acids is 1. The molecular weight excluding hydrogens is 264 g/mol. The minimum atomic E-state index is -3.11. The molecule has 0 aromatic heterocycles. The van der Waals surface area contributed by atoms with Crippen LogP contribution in [-0.2, 0) is 14.6 Å². The molecule has 1 aliphatic rings. The summed E-state index contributed by atoms with van der Waals surface area (Å²) in [5.74, 6) is -1.50. The van der Waals surface area contributed by atoms with Gasteiger partial charge in [-0.25, -0.2) is 18.0 Å². The SMILES string of the molecule is C[C@@H](O)[C@H](NC(=O)NC1CCS(=O)(=O)C1)C(=O)O. The number of aliphatic hydroxyl groups excluding tert-OH is 1. The third kappa shape index (κ3) is 4.15. The number of sulfone groups is 1. The van der Waals surface area contributed by atoms with E-state index in [0.717, 1.165) is 0 Å². The van der Waals surface area contributed by atoms with Crippen LogP contribution in [0.3, 0.4) is 0 Å². The first-order valence-electron chi connectivity index (χ1n) is 5.39. The molecule has 0 aromatic carbocycles. The topological polar surface area (TPSA) is 133 Å². The fourth-order valence-corrected chi connectivity index (χ4v) is 3.34. The lowest BCUT2D eigenvalue weighted by atomic mass is 10.2. The zero-order chi connectivity index (χ0) is 13.9. The summed E-state index contributed by atoms with van der Waals surface area (Å²) < 4.78 is 22.3. The highest BCUT2D eigenvalue weighted by Gasteiger charge is 2.31. The zero-order valence-corrected chi connectivity index (χ0v) is 10.6. The normalized spacial score (nSPS) is 25.1. The van der Waals surface area contributed by atoms with Crippen LogP contribution in [0, 0.1) is 0 Å². The van der Waals surface area contributed by atoms with E-state index in [1.807, 2.05) is 0 Å². The van der Waals surface area contributed by atoms with Crippen LogP contribution < -0.4 is 10.6 Å². The Morgan fingerprint density at radius 3 is 2.39 bits per heavy atom. The molecule has 1 heterocycles. The number of nitrogens with one attached hydrogen (secondary N) is 2. The average molecular weight is 280 g/mol. The van der Waals surface area contributed by atoms with Gasteiger partial charge < -0.3 is 20.8 Å². The van der Waals surface area contributed by atoms with Gasteiger partial charge in [-0.15, -0.1) is 0 Å². The molecule has 8 nitrogen and oxygen atoms in total. The summed E-state index contributed by atoms with van der Waals surface area (Å²) >= 11 is 0. The van der Waals surface area contributed by atoms with Gasteiger partial charge in [-0.1, -0.05) is 0 Å². The van der Waals surface area contributed by atoms with Crippen LogP contribution >= 0.6 is 0 Å². The van der Waals surface area contributed by atoms with Crippen molar-refractivity contribution in [3.63, 3.8) is 0 Å². The second-order valence-electron chi connectivity index (χ2n) is 4.27. The number of carbonyl (C=O) groups is 2. The minimum absolute atomic E-state index is 0.0106. The number of amides is 2. The first kappa shape index (κ1) is 14.7. The number of carboxylic acids is 1. The summed E-state index contributed by atoms with van der Waals surface area (Å²) in [4.78, 5) is 22.2. The summed E-state index contributed by atoms with van der Waals surface area (Å²) in [6.45, 7) is 1.24. The van der Waals surface area contributed by atoms with E-state index in [9.17, 15) is 18.0 Å². The number of rotatable bonds is 4. The van der Waals surface area contributed by atoms with Gasteiger partial charge in [-0.05, 0) is 13.3 Å². The van der Waals surface area contributed by atoms with Crippen molar-refractivity contribution >= 4 is 21.8 Å². The molecule has 3 atom stereocenters. The Bertz CT molecular complexity index is 432. The maximum absolute atomic E-state index is 11.4. The van der Waals surface area contributed by atoms with Gasteiger partial charge in [0.15, 0.2) is 15.9 Å². The smallest absolute Gasteiger partial charge is 0.328 e. The molecule has 4 N–H and O–H groups in total. The monoisotopic (exact) mass is 280 g/mol. The molecule has 1 unspecified atom stereocenters. The van der Waals surface area contributed by atoms with Gasteiger partial charge in [0.05, 0.1) is 17.6 Å². The van der Waals surface area contributed by atoms with Gasteiger partial charge in [0, 0.05) is 6.04 Å². The average Bonchev–Trinajstić information content (AvgIpc) is 2.53. The molecular formula is C9H16N2O6S. The minimum Gasteiger partial charge on any atom is -0.480 e. The van der Waals surface area contributed by atoms with Crippen molar-refractivity contribution in [3.05, 3.63) is 0 Å². The molecule has 1 fully saturated rings. The van der Waals surface area contributed by atoms with Crippen molar-refractivity contribution in [1.29, 1.82) is 0 Å². The fourth-order valence-electron chi connectivity index (χ4n) is 1.67. The highest BCUT2D eigenvalue weighted by atomic mass is 32.2. The summed E-state index contributed by atoms with van der Waals surface area (Å²) in [6, 6.07) is -2.74. The van der Waals surface area contributed by atoms with Crippen LogP contribution in [0.25, 0.3) is 0 Å². The predicted octanol–water partition coefficient (Wildman–Crippen LogP) is -1.69. The summed E-state index contributed by atoms with van der Waals surface area (Å²) in [7, 11) is -3.11. The van der Waals surface area contributed by atoms with Gasteiger partial charge in [-0.2, -0.15) is 0 Å². The highest BCUT2D eigenvalue weighted by Crippen LogP contribution is 2.10. The van der Waals surface area contributed by atoms with Crippen LogP contribution in [-0.4, -0.2) is 60.3 Å². The third-order valence-electron chi connectivity index (χ3n) is 2.60. The molecule has 1 rings (SSSR count). The van der Waals surface area contributed by atoms with Crippen molar-refractivity contribution in [2.45, 2.75) is 31.5 Å². The Kier molecular flexibility index (Phi) is 4.52. The van der Waals surface area contributed by atoms with Gasteiger partial charge >= 0.3 is 12.0 Å². The van der Waals surface area contributed by atoms with Crippen molar-refractivity contribution in [1.82, 2.24) is 10.6 Å². The number of urea groups is 1. The number of aliphatic hydroxyl groups is 1. The first-order chi connectivity index (χ1) is 8.21. The van der Waals surface area contributed by atoms with E-state index in [-0.39, 0.29) is 11.5 Å². The lowest BCUT2D eigenvalue weighted by Crippen LogP contribution is -2.53. The quantitative estimate of drug-likeness (QED) is 0.485. The van der Waals surface area contributed by atoms with Crippen LogP contribution in [0.4, 0.5) is 4.79 Å². The molecule has 0 bridgehead atoms. The van der Waals surface area contributed by atoms with E-state index in [0.29, 0.717) is 6.42 Å². The number of hydrogen-bond acceptors (Lipinski definition) is 5. The van der Waals surface area contributed by atoms with Gasteiger partial charge in [-0.3, -0.25) is 0 Å². The van der Waals surface area contributed by atoms with Crippen LogP contribution in [0.5, 0.6) is 0 Å². The van der Waals surface area contributed by atoms with Crippen LogP contribution in [0.15, 0.2) is 0 Å². The van der Waals surface area contributed by atoms with E-state index in [4.69, 9.17) is 10.2 Å². The van der Waals surface area contributed by atoms with E-state index < -0.39 is 40.0 Å². The van der Waals surface area contributed by atoms with E-state index >= 15 is 0 Å². The molecule has 0 saturated carbocycles. The third-order valence-corrected chi connectivity index (χ3v) is 4.37. The number of carbonyl (C=O) groups excluding carboxylic acids is 1. The predicted molar refractivity (Wildman–Crippen MR) is 61.8 cm³/mol. The Morgan fingerprint density at radius 1 is 1.39 bits per heavy atom. The highest BCUT2D eigenvalue weighted by molar-refractivity contribution is 7.91. The molecule has 2 amide bonds. The molecule has 0 radical (unpaired) electrons. The van der Waals surface area contributed by atoms with Crippen molar-refractivity contribution in [2.75, 3.05) is 11.5 Å². The molecule has 18 heavy (non-hydrogen) atoms. The lowest BCUT2D eigenvalue weighted by Gasteiger charge is -2.19. The van der Waals surface area contributed by atoms with Gasteiger partial charge in [0.25, 0.3) is 0 Å². The van der Waals surface area contributed by atoms with E-state index in [2.05, 4.69) is 10.6 Å². The summed E-state index contributed by atoms with van der Waals surface area (Å²) in [5, 5.41) is 22.3. The Hall–Kier alpha value is -1.35. The Morgan fingerprint density at radius 2 is 2.00 bits per heavy atom. The first-order valence-corrected chi connectivity index (χ1v) is 7.22. The number of hydrogen-bond donors (Lipinski definition) is 4. The Labute approximate surface area is 104 Å². The van der Waals surface area contributed by atoms with Gasteiger partial charge in [0.2, 0.25) is 0 Å². The second-order valence-corrected chi connectivity index (χ2v) is 6.50. The largest absolute Gasteiger partial charge is 0.480 e. The van der Waals surface area contributed by atoms with E-state index in [1.54, 1.807) is 0 Å². The van der Waals surface area contributed by atoms with Crippen molar-refractivity contribution < 1.29 is 28.2 Å². The van der Waals surface area contributed by atoms with Gasteiger partial charge in [0.1, 0.15) is 0 Å².